The van der Waals surface area contributed by atoms with Crippen LogP contribution in [0.15, 0.2) is 54.9 Å². The fourth-order valence-electron chi connectivity index (χ4n) is 3.70. The maximum absolute atomic E-state index is 12.3. The topological polar surface area (TPSA) is 79.8 Å². The standard InChI is InChI=1S/C24H25N5O3S/c1-31-20-14-18-19(15-21(20)32-2)25-16-26-23(18)28-10-12-29(13-11-28)24(33)27-22(30)9-8-17-6-4-3-5-7-17/h3-9,14-16H,10-13H2,1-2H3,(H,27,30,33)/b9-8+. The Morgan fingerprint density at radius 3 is 2.42 bits per heavy atom. The number of aromatic nitrogens is 2. The van der Waals surface area contributed by atoms with Gasteiger partial charge < -0.3 is 19.3 Å². The number of nitrogens with zero attached hydrogens (tertiary/aromatic N) is 4. The molecule has 33 heavy (non-hydrogen) atoms. The SMILES string of the molecule is COc1cc2ncnc(N3CCN(C(=S)NC(=O)/C=C/c4ccccc4)CC3)c2cc1OC. The van der Waals surface area contributed by atoms with Gasteiger partial charge in [-0.25, -0.2) is 9.97 Å². The van der Waals surface area contributed by atoms with Crippen molar-refractivity contribution in [2.45, 2.75) is 0 Å². The lowest BCUT2D eigenvalue weighted by molar-refractivity contribution is -0.115. The molecule has 0 unspecified atom stereocenters. The molecule has 0 bridgehead atoms. The van der Waals surface area contributed by atoms with Crippen LogP contribution in [0.25, 0.3) is 17.0 Å². The van der Waals surface area contributed by atoms with Gasteiger partial charge in [-0.05, 0) is 29.9 Å². The van der Waals surface area contributed by atoms with Crippen molar-refractivity contribution in [2.24, 2.45) is 0 Å². The summed E-state index contributed by atoms with van der Waals surface area (Å²) in [4.78, 5) is 25.3. The summed E-state index contributed by atoms with van der Waals surface area (Å²) in [5, 5.41) is 4.11. The van der Waals surface area contributed by atoms with Crippen LogP contribution in [0.1, 0.15) is 5.56 Å². The first-order chi connectivity index (χ1) is 16.1. The highest BCUT2D eigenvalue weighted by atomic mass is 32.1. The van der Waals surface area contributed by atoms with Crippen molar-refractivity contribution < 1.29 is 14.3 Å². The summed E-state index contributed by atoms with van der Waals surface area (Å²) in [6.45, 7) is 2.74. The predicted octanol–water partition coefficient (Wildman–Crippen LogP) is 2.88. The first-order valence-electron chi connectivity index (χ1n) is 10.5. The molecular formula is C24H25N5O3S. The summed E-state index contributed by atoms with van der Waals surface area (Å²) in [7, 11) is 3.21. The van der Waals surface area contributed by atoms with Crippen LogP contribution in [-0.2, 0) is 4.79 Å². The molecule has 170 valence electrons. The van der Waals surface area contributed by atoms with Crippen LogP contribution in [0.2, 0.25) is 0 Å². The molecule has 1 N–H and O–H groups in total. The van der Waals surface area contributed by atoms with E-state index in [1.54, 1.807) is 26.6 Å². The number of hydrogen-bond acceptors (Lipinski definition) is 7. The molecule has 9 heteroatoms. The van der Waals surface area contributed by atoms with Gasteiger partial charge in [-0.15, -0.1) is 0 Å². The van der Waals surface area contributed by atoms with E-state index in [1.165, 1.54) is 6.08 Å². The van der Waals surface area contributed by atoms with Crippen molar-refractivity contribution in [2.75, 3.05) is 45.3 Å². The van der Waals surface area contributed by atoms with E-state index in [4.69, 9.17) is 21.7 Å². The molecule has 0 atom stereocenters. The van der Waals surface area contributed by atoms with Crippen molar-refractivity contribution in [1.29, 1.82) is 0 Å². The summed E-state index contributed by atoms with van der Waals surface area (Å²) < 4.78 is 10.8. The van der Waals surface area contributed by atoms with Gasteiger partial charge in [-0.1, -0.05) is 30.3 Å². The third kappa shape index (κ3) is 5.20. The first-order valence-corrected chi connectivity index (χ1v) is 10.9. The molecule has 1 amide bonds. The molecule has 4 rings (SSSR count). The minimum atomic E-state index is -0.242. The van der Waals surface area contributed by atoms with Gasteiger partial charge >= 0.3 is 0 Å². The summed E-state index contributed by atoms with van der Waals surface area (Å²) in [6.07, 6.45) is 4.81. The molecule has 0 spiro atoms. The fourth-order valence-corrected chi connectivity index (χ4v) is 3.99. The second kappa shape index (κ2) is 10.3. The zero-order valence-corrected chi connectivity index (χ0v) is 19.3. The van der Waals surface area contributed by atoms with Crippen LogP contribution in [0.5, 0.6) is 11.5 Å². The van der Waals surface area contributed by atoms with E-state index in [9.17, 15) is 4.79 Å². The zero-order valence-electron chi connectivity index (χ0n) is 18.5. The third-order valence-electron chi connectivity index (χ3n) is 5.44. The number of ether oxygens (including phenoxy) is 2. The Labute approximate surface area is 197 Å². The Morgan fingerprint density at radius 2 is 1.73 bits per heavy atom. The molecule has 1 fully saturated rings. The van der Waals surface area contributed by atoms with Crippen LogP contribution in [0, 0.1) is 0 Å². The molecule has 1 saturated heterocycles. The van der Waals surface area contributed by atoms with Crippen molar-refractivity contribution in [3.05, 3.63) is 60.4 Å². The molecule has 3 aromatic rings. The highest BCUT2D eigenvalue weighted by Gasteiger charge is 2.23. The molecule has 1 aliphatic heterocycles. The van der Waals surface area contributed by atoms with E-state index in [1.807, 2.05) is 47.4 Å². The summed E-state index contributed by atoms with van der Waals surface area (Å²) in [5.74, 6) is 1.85. The van der Waals surface area contributed by atoms with Gasteiger partial charge in [0.25, 0.3) is 0 Å². The van der Waals surface area contributed by atoms with E-state index in [-0.39, 0.29) is 5.91 Å². The number of rotatable bonds is 5. The molecule has 0 saturated carbocycles. The van der Waals surface area contributed by atoms with E-state index in [2.05, 4.69) is 20.2 Å². The highest BCUT2D eigenvalue weighted by molar-refractivity contribution is 7.80. The van der Waals surface area contributed by atoms with Crippen LogP contribution >= 0.6 is 12.2 Å². The Kier molecular flexibility index (Phi) is 6.99. The van der Waals surface area contributed by atoms with Gasteiger partial charge in [-0.2, -0.15) is 0 Å². The van der Waals surface area contributed by atoms with E-state index in [0.29, 0.717) is 42.8 Å². The smallest absolute Gasteiger partial charge is 0.250 e. The quantitative estimate of drug-likeness (QED) is 0.457. The van der Waals surface area contributed by atoms with E-state index in [0.717, 1.165) is 22.3 Å². The monoisotopic (exact) mass is 463 g/mol. The molecule has 0 radical (unpaired) electrons. The highest BCUT2D eigenvalue weighted by Crippen LogP contribution is 2.34. The molecule has 2 heterocycles. The molecule has 1 aliphatic rings. The lowest BCUT2D eigenvalue weighted by atomic mass is 10.2. The average Bonchev–Trinajstić information content (AvgIpc) is 2.87. The number of fused-ring (bicyclic) bond motifs is 1. The minimum Gasteiger partial charge on any atom is -0.493 e. The molecule has 8 nitrogen and oxygen atoms in total. The second-order valence-corrected chi connectivity index (χ2v) is 7.82. The van der Waals surface area contributed by atoms with Gasteiger partial charge in [0, 0.05) is 43.7 Å². The summed E-state index contributed by atoms with van der Waals surface area (Å²) >= 11 is 5.46. The third-order valence-corrected chi connectivity index (χ3v) is 5.80. The molecular weight excluding hydrogens is 438 g/mol. The van der Waals surface area contributed by atoms with Crippen LogP contribution < -0.4 is 19.7 Å². The second-order valence-electron chi connectivity index (χ2n) is 7.43. The van der Waals surface area contributed by atoms with Crippen molar-refractivity contribution in [3.8, 4) is 11.5 Å². The Balaban J connectivity index is 1.39. The largest absolute Gasteiger partial charge is 0.493 e. The number of methoxy groups -OCH3 is 2. The lowest BCUT2D eigenvalue weighted by Crippen LogP contribution is -2.52. The van der Waals surface area contributed by atoms with Crippen LogP contribution in [0.4, 0.5) is 5.82 Å². The van der Waals surface area contributed by atoms with Crippen molar-refractivity contribution >= 4 is 46.0 Å². The Hall–Kier alpha value is -3.72. The summed E-state index contributed by atoms with van der Waals surface area (Å²) in [5.41, 5.74) is 1.74. The fraction of sp³-hybridized carbons (Fsp3) is 0.250. The maximum Gasteiger partial charge on any atom is 0.250 e. The molecule has 0 aliphatic carbocycles. The van der Waals surface area contributed by atoms with Crippen molar-refractivity contribution in [3.63, 3.8) is 0 Å². The maximum atomic E-state index is 12.3. The number of piperazine rings is 1. The van der Waals surface area contributed by atoms with Gasteiger partial charge in [0.1, 0.15) is 12.1 Å². The first kappa shape index (κ1) is 22.5. The molecule has 2 aromatic carbocycles. The number of hydrogen-bond donors (Lipinski definition) is 1. The number of benzene rings is 2. The number of anilines is 1. The minimum absolute atomic E-state index is 0.242. The van der Waals surface area contributed by atoms with Crippen LogP contribution in [0.3, 0.4) is 0 Å². The van der Waals surface area contributed by atoms with Crippen molar-refractivity contribution in [1.82, 2.24) is 20.2 Å². The number of thiocarbonyl (C=S) groups is 1. The number of carbonyl (C=O) groups excluding carboxylic acids is 1. The Bertz CT molecular complexity index is 1180. The number of amides is 1. The van der Waals surface area contributed by atoms with Gasteiger partial charge in [0.05, 0.1) is 19.7 Å². The van der Waals surface area contributed by atoms with Gasteiger partial charge in [0.2, 0.25) is 5.91 Å². The number of carbonyl (C=O) groups is 1. The van der Waals surface area contributed by atoms with Gasteiger partial charge in [0.15, 0.2) is 16.6 Å². The molecule has 1 aromatic heterocycles. The number of nitrogens with one attached hydrogen (secondary N) is 1. The van der Waals surface area contributed by atoms with E-state index >= 15 is 0 Å². The zero-order chi connectivity index (χ0) is 23.2. The van der Waals surface area contributed by atoms with Gasteiger partial charge in [-0.3, -0.25) is 10.1 Å². The Morgan fingerprint density at radius 1 is 1.03 bits per heavy atom. The average molecular weight is 464 g/mol. The summed E-state index contributed by atoms with van der Waals surface area (Å²) in [6, 6.07) is 13.4. The van der Waals surface area contributed by atoms with Crippen LogP contribution in [-0.4, -0.2) is 66.3 Å². The van der Waals surface area contributed by atoms with E-state index < -0.39 is 0 Å². The normalized spacial score (nSPS) is 13.9. The lowest BCUT2D eigenvalue weighted by Gasteiger charge is -2.36. The predicted molar refractivity (Wildman–Crippen MR) is 133 cm³/mol.